The first-order valence-corrected chi connectivity index (χ1v) is 8.99. The molecule has 5 nitrogen and oxygen atoms in total. The minimum Gasteiger partial charge on any atom is -0.489 e. The molecule has 136 valence electrons. The molecule has 0 aliphatic heterocycles. The number of aromatic nitrogens is 2. The molecule has 0 aliphatic rings. The van der Waals surface area contributed by atoms with Gasteiger partial charge in [-0.3, -0.25) is 4.79 Å². The van der Waals surface area contributed by atoms with Gasteiger partial charge in [0, 0.05) is 11.6 Å². The van der Waals surface area contributed by atoms with Crippen molar-refractivity contribution < 1.29 is 13.5 Å². The van der Waals surface area contributed by atoms with Gasteiger partial charge in [0.05, 0.1) is 5.69 Å². The third kappa shape index (κ3) is 4.33. The van der Waals surface area contributed by atoms with Gasteiger partial charge in [0.1, 0.15) is 35.6 Å². The van der Waals surface area contributed by atoms with Crippen LogP contribution in [0.15, 0.2) is 52.4 Å². The molecule has 1 N–H and O–H groups in total. The molecule has 1 aromatic heterocycles. The maximum Gasteiger partial charge on any atom is 0.270 e. The van der Waals surface area contributed by atoms with Gasteiger partial charge in [-0.05, 0) is 36.1 Å². The Morgan fingerprint density at radius 1 is 1.22 bits per heavy atom. The monoisotopic (exact) mass is 385 g/mol. The number of halogens is 2. The van der Waals surface area contributed by atoms with Gasteiger partial charge in [-0.2, -0.15) is 5.26 Å². The second kappa shape index (κ2) is 8.01. The van der Waals surface area contributed by atoms with E-state index in [2.05, 4.69) is 9.97 Å². The smallest absolute Gasteiger partial charge is 0.270 e. The van der Waals surface area contributed by atoms with E-state index >= 15 is 0 Å². The number of aromatic amines is 1. The summed E-state index contributed by atoms with van der Waals surface area (Å²) in [6, 6.07) is 11.7. The van der Waals surface area contributed by atoms with Crippen LogP contribution < -0.4 is 10.3 Å². The fraction of sp³-hybridized carbons (Fsp3) is 0.105. The number of hydrogen-bond donors (Lipinski definition) is 1. The lowest BCUT2D eigenvalue weighted by Crippen LogP contribution is -2.14. The molecule has 0 aliphatic carbocycles. The van der Waals surface area contributed by atoms with E-state index in [0.717, 1.165) is 6.07 Å². The van der Waals surface area contributed by atoms with Gasteiger partial charge in [0.15, 0.2) is 5.16 Å². The number of thioether (sulfide) groups is 1. The first-order chi connectivity index (χ1) is 13.0. The molecule has 0 radical (unpaired) electrons. The van der Waals surface area contributed by atoms with Gasteiger partial charge < -0.3 is 9.72 Å². The molecule has 3 rings (SSSR count). The highest BCUT2D eigenvalue weighted by Gasteiger charge is 2.14. The number of ether oxygens (including phenoxy) is 1. The highest BCUT2D eigenvalue weighted by Crippen LogP contribution is 2.25. The summed E-state index contributed by atoms with van der Waals surface area (Å²) >= 11 is 1.25. The Morgan fingerprint density at radius 3 is 2.63 bits per heavy atom. The molecule has 1 heterocycles. The highest BCUT2D eigenvalue weighted by atomic mass is 32.2. The van der Waals surface area contributed by atoms with Crippen LogP contribution in [-0.4, -0.2) is 16.2 Å². The van der Waals surface area contributed by atoms with E-state index in [1.165, 1.54) is 23.9 Å². The van der Waals surface area contributed by atoms with E-state index in [1.54, 1.807) is 30.5 Å². The fourth-order valence-electron chi connectivity index (χ4n) is 2.46. The average molecular weight is 385 g/mol. The van der Waals surface area contributed by atoms with Gasteiger partial charge in [-0.1, -0.05) is 23.9 Å². The summed E-state index contributed by atoms with van der Waals surface area (Å²) in [7, 11) is 0. The van der Waals surface area contributed by atoms with Crippen LogP contribution in [0.2, 0.25) is 0 Å². The Balaban J connectivity index is 1.91. The third-order valence-corrected chi connectivity index (χ3v) is 4.22. The predicted molar refractivity (Wildman–Crippen MR) is 97.5 cm³/mol. The summed E-state index contributed by atoms with van der Waals surface area (Å²) in [5.74, 6) is -0.953. The van der Waals surface area contributed by atoms with Crippen molar-refractivity contribution in [3.63, 3.8) is 0 Å². The number of H-pyrrole nitrogens is 1. The second-order valence-electron chi connectivity index (χ2n) is 5.50. The van der Waals surface area contributed by atoms with Crippen molar-refractivity contribution in [1.82, 2.24) is 9.97 Å². The zero-order chi connectivity index (χ0) is 19.4. The molecule has 0 unspecified atom stereocenters. The molecule has 0 fully saturated rings. The topological polar surface area (TPSA) is 78.8 Å². The van der Waals surface area contributed by atoms with Crippen molar-refractivity contribution in [1.29, 1.82) is 5.26 Å². The second-order valence-corrected chi connectivity index (χ2v) is 6.30. The van der Waals surface area contributed by atoms with Crippen molar-refractivity contribution in [2.45, 2.75) is 11.8 Å². The molecule has 0 atom stereocenters. The van der Waals surface area contributed by atoms with E-state index < -0.39 is 17.2 Å². The first kappa shape index (κ1) is 18.6. The normalized spacial score (nSPS) is 10.4. The van der Waals surface area contributed by atoms with Crippen LogP contribution in [0.5, 0.6) is 5.75 Å². The lowest BCUT2D eigenvalue weighted by Gasteiger charge is -2.09. The quantitative estimate of drug-likeness (QED) is 0.533. The summed E-state index contributed by atoms with van der Waals surface area (Å²) in [5, 5.41) is 9.66. The molecule has 0 saturated carbocycles. The Hall–Kier alpha value is -3.18. The Labute approximate surface area is 157 Å². The van der Waals surface area contributed by atoms with Crippen LogP contribution in [-0.2, 0) is 6.61 Å². The zero-order valence-corrected chi connectivity index (χ0v) is 14.9. The highest BCUT2D eigenvalue weighted by molar-refractivity contribution is 7.98. The third-order valence-electron chi connectivity index (χ3n) is 3.64. The van der Waals surface area contributed by atoms with Crippen LogP contribution in [0.1, 0.15) is 11.1 Å². The summed E-state index contributed by atoms with van der Waals surface area (Å²) in [5.41, 5.74) is 0.490. The average Bonchev–Trinajstić information content (AvgIpc) is 2.65. The van der Waals surface area contributed by atoms with Gasteiger partial charge in [0.25, 0.3) is 5.56 Å². The van der Waals surface area contributed by atoms with Gasteiger partial charge in [-0.25, -0.2) is 13.8 Å². The van der Waals surface area contributed by atoms with E-state index in [0.29, 0.717) is 22.0 Å². The summed E-state index contributed by atoms with van der Waals surface area (Å²) in [6.45, 7) is -0.0396. The van der Waals surface area contributed by atoms with Crippen molar-refractivity contribution in [2.75, 3.05) is 6.26 Å². The molecule has 0 spiro atoms. The maximum absolute atomic E-state index is 13.3. The summed E-state index contributed by atoms with van der Waals surface area (Å²) in [4.78, 5) is 18.9. The molecule has 2 aromatic carbocycles. The van der Waals surface area contributed by atoms with Gasteiger partial charge in [0.2, 0.25) is 0 Å². The van der Waals surface area contributed by atoms with Crippen molar-refractivity contribution in [3.05, 3.63) is 75.6 Å². The fourth-order valence-corrected chi connectivity index (χ4v) is 2.83. The van der Waals surface area contributed by atoms with Crippen molar-refractivity contribution in [2.24, 2.45) is 0 Å². The van der Waals surface area contributed by atoms with E-state index in [-0.39, 0.29) is 17.9 Å². The molecule has 0 bridgehead atoms. The van der Waals surface area contributed by atoms with Gasteiger partial charge in [-0.15, -0.1) is 0 Å². The van der Waals surface area contributed by atoms with E-state index in [9.17, 15) is 18.8 Å². The molecular weight excluding hydrogens is 372 g/mol. The number of nitriles is 1. The molecule has 0 amide bonds. The van der Waals surface area contributed by atoms with Gasteiger partial charge >= 0.3 is 0 Å². The molecule has 8 heteroatoms. The maximum atomic E-state index is 13.3. The number of benzene rings is 2. The number of nitrogens with one attached hydrogen (secondary N) is 1. The van der Waals surface area contributed by atoms with E-state index in [4.69, 9.17) is 4.74 Å². The summed E-state index contributed by atoms with van der Waals surface area (Å²) < 4.78 is 32.1. The Bertz CT molecular complexity index is 1070. The molecule has 0 saturated heterocycles. The van der Waals surface area contributed by atoms with E-state index in [1.807, 2.05) is 6.07 Å². The molecule has 3 aromatic rings. The lowest BCUT2D eigenvalue weighted by atomic mass is 10.1. The summed E-state index contributed by atoms with van der Waals surface area (Å²) in [6.07, 6.45) is 1.76. The van der Waals surface area contributed by atoms with Crippen LogP contribution in [0.3, 0.4) is 0 Å². The number of nitrogens with zero attached hydrogens (tertiary/aromatic N) is 2. The van der Waals surface area contributed by atoms with Crippen molar-refractivity contribution >= 4 is 11.8 Å². The first-order valence-electron chi connectivity index (χ1n) is 7.77. The standard InChI is InChI=1S/C19H13F2N3O2S/c1-27-19-23-17(16(9-22)18(25)24-19)12-3-2-4-15(7-12)26-10-11-5-13(20)8-14(21)6-11/h2-8H,10H2,1H3,(H,23,24,25). The SMILES string of the molecule is CSc1nc(-c2cccc(OCc3cc(F)cc(F)c3)c2)c(C#N)c(=O)[nH]1. The van der Waals surface area contributed by atoms with Crippen LogP contribution >= 0.6 is 11.8 Å². The largest absolute Gasteiger partial charge is 0.489 e. The predicted octanol–water partition coefficient (Wildman–Crippen LogP) is 3.89. The molecular formula is C19H13F2N3O2S. The Morgan fingerprint density at radius 2 is 1.96 bits per heavy atom. The van der Waals surface area contributed by atoms with Crippen LogP contribution in [0.4, 0.5) is 8.78 Å². The minimum absolute atomic E-state index is 0.0396. The molecule has 27 heavy (non-hydrogen) atoms. The number of rotatable bonds is 5. The zero-order valence-electron chi connectivity index (χ0n) is 14.1. The number of hydrogen-bond acceptors (Lipinski definition) is 5. The Kier molecular flexibility index (Phi) is 5.52. The lowest BCUT2D eigenvalue weighted by molar-refractivity contribution is 0.305. The minimum atomic E-state index is -0.682. The van der Waals surface area contributed by atoms with Crippen LogP contribution in [0.25, 0.3) is 11.3 Å². The van der Waals surface area contributed by atoms with Crippen molar-refractivity contribution in [3.8, 4) is 23.1 Å². The van der Waals surface area contributed by atoms with Crippen LogP contribution in [0, 0.1) is 23.0 Å².